The van der Waals surface area contributed by atoms with Crippen LogP contribution < -0.4 is 5.73 Å². The first-order chi connectivity index (χ1) is 7.25. The number of benzene rings is 1. The van der Waals surface area contributed by atoms with E-state index in [2.05, 4.69) is 15.9 Å². The van der Waals surface area contributed by atoms with Gasteiger partial charge in [0.2, 0.25) is 0 Å². The van der Waals surface area contributed by atoms with E-state index in [4.69, 9.17) is 10.5 Å². The summed E-state index contributed by atoms with van der Waals surface area (Å²) in [5, 5.41) is 0. The Balaban J connectivity index is 1.76. The fourth-order valence-corrected chi connectivity index (χ4v) is 2.03. The molecule has 0 saturated heterocycles. The monoisotopic (exact) mass is 269 g/mol. The third-order valence-corrected chi connectivity index (χ3v) is 3.44. The van der Waals surface area contributed by atoms with Gasteiger partial charge in [-0.05, 0) is 30.0 Å². The lowest BCUT2D eigenvalue weighted by atomic mass is 10.2. The Labute approximate surface area is 98.9 Å². The molecule has 0 aliphatic heterocycles. The van der Waals surface area contributed by atoms with Gasteiger partial charge in [0.25, 0.3) is 0 Å². The maximum atomic E-state index is 5.66. The first kappa shape index (κ1) is 11.0. The molecular formula is C12H16BrNO. The van der Waals surface area contributed by atoms with Crippen molar-refractivity contribution in [2.75, 3.05) is 12.3 Å². The molecule has 1 fully saturated rings. The minimum absolute atomic E-state index is 0.674. The Bertz CT molecular complexity index is 336. The van der Waals surface area contributed by atoms with Crippen LogP contribution in [-0.2, 0) is 11.3 Å². The van der Waals surface area contributed by atoms with Crippen LogP contribution in [0.15, 0.2) is 22.7 Å². The van der Waals surface area contributed by atoms with Gasteiger partial charge in [0.15, 0.2) is 0 Å². The van der Waals surface area contributed by atoms with Crippen LogP contribution in [0.3, 0.4) is 0 Å². The van der Waals surface area contributed by atoms with Crippen molar-refractivity contribution in [3.05, 3.63) is 28.2 Å². The zero-order valence-electron chi connectivity index (χ0n) is 8.71. The highest BCUT2D eigenvalue weighted by molar-refractivity contribution is 9.10. The zero-order valence-corrected chi connectivity index (χ0v) is 10.3. The van der Waals surface area contributed by atoms with E-state index in [1.54, 1.807) is 0 Å². The Hall–Kier alpha value is -0.540. The summed E-state index contributed by atoms with van der Waals surface area (Å²) in [5.74, 6) is 0.944. The second kappa shape index (κ2) is 4.99. The fraction of sp³-hybridized carbons (Fsp3) is 0.500. The molecule has 1 aliphatic carbocycles. The van der Waals surface area contributed by atoms with Gasteiger partial charge in [-0.1, -0.05) is 34.8 Å². The van der Waals surface area contributed by atoms with Gasteiger partial charge in [-0.2, -0.15) is 0 Å². The van der Waals surface area contributed by atoms with Gasteiger partial charge in [-0.15, -0.1) is 0 Å². The van der Waals surface area contributed by atoms with Gasteiger partial charge in [0.1, 0.15) is 0 Å². The normalized spacial score (nSPS) is 15.5. The summed E-state index contributed by atoms with van der Waals surface area (Å²) < 4.78 is 6.66. The molecule has 1 aliphatic rings. The van der Waals surface area contributed by atoms with E-state index < -0.39 is 0 Å². The molecule has 0 heterocycles. The van der Waals surface area contributed by atoms with Crippen molar-refractivity contribution in [1.82, 2.24) is 0 Å². The van der Waals surface area contributed by atoms with Gasteiger partial charge in [-0.25, -0.2) is 0 Å². The molecule has 0 unspecified atom stereocenters. The Kier molecular flexibility index (Phi) is 3.65. The molecule has 0 atom stereocenters. The zero-order chi connectivity index (χ0) is 10.7. The standard InChI is InChI=1S/C12H16BrNO/c13-12-7-11(14)4-3-10(12)8-15-6-5-9-1-2-9/h3-4,7,9H,1-2,5-6,8,14H2. The minimum atomic E-state index is 0.674. The van der Waals surface area contributed by atoms with Crippen LogP contribution in [0, 0.1) is 5.92 Å². The van der Waals surface area contributed by atoms with Crippen LogP contribution in [-0.4, -0.2) is 6.61 Å². The highest BCUT2D eigenvalue weighted by Gasteiger charge is 2.20. The molecular weight excluding hydrogens is 254 g/mol. The third kappa shape index (κ3) is 3.50. The molecule has 0 amide bonds. The summed E-state index contributed by atoms with van der Waals surface area (Å²) in [6.45, 7) is 1.55. The van der Waals surface area contributed by atoms with Crippen molar-refractivity contribution in [1.29, 1.82) is 0 Å². The lowest BCUT2D eigenvalue weighted by Crippen LogP contribution is -1.97. The highest BCUT2D eigenvalue weighted by Crippen LogP contribution is 2.32. The highest BCUT2D eigenvalue weighted by atomic mass is 79.9. The smallest absolute Gasteiger partial charge is 0.0727 e. The average molecular weight is 270 g/mol. The summed E-state index contributed by atoms with van der Waals surface area (Å²) in [5.41, 5.74) is 7.61. The predicted molar refractivity (Wildman–Crippen MR) is 65.6 cm³/mol. The van der Waals surface area contributed by atoms with Crippen molar-refractivity contribution in [3.8, 4) is 0 Å². The van der Waals surface area contributed by atoms with Gasteiger partial charge in [0, 0.05) is 16.8 Å². The Morgan fingerprint density at radius 1 is 1.40 bits per heavy atom. The summed E-state index contributed by atoms with van der Waals surface area (Å²) in [4.78, 5) is 0. The SMILES string of the molecule is Nc1ccc(COCCC2CC2)c(Br)c1. The number of nitrogen functional groups attached to an aromatic ring is 1. The number of nitrogens with two attached hydrogens (primary N) is 1. The van der Waals surface area contributed by atoms with Crippen LogP contribution in [0.2, 0.25) is 0 Å². The van der Waals surface area contributed by atoms with Crippen LogP contribution in [0.1, 0.15) is 24.8 Å². The van der Waals surface area contributed by atoms with Crippen molar-refractivity contribution < 1.29 is 4.74 Å². The van der Waals surface area contributed by atoms with Crippen molar-refractivity contribution >= 4 is 21.6 Å². The van der Waals surface area contributed by atoms with Crippen molar-refractivity contribution in [3.63, 3.8) is 0 Å². The molecule has 1 saturated carbocycles. The van der Waals surface area contributed by atoms with E-state index in [9.17, 15) is 0 Å². The first-order valence-electron chi connectivity index (χ1n) is 5.37. The molecule has 15 heavy (non-hydrogen) atoms. The summed E-state index contributed by atoms with van der Waals surface area (Å²) >= 11 is 3.48. The van der Waals surface area contributed by atoms with E-state index in [-0.39, 0.29) is 0 Å². The van der Waals surface area contributed by atoms with E-state index in [1.165, 1.54) is 24.8 Å². The molecule has 2 rings (SSSR count). The van der Waals surface area contributed by atoms with Crippen LogP contribution in [0.25, 0.3) is 0 Å². The van der Waals surface area contributed by atoms with E-state index in [0.717, 1.165) is 22.7 Å². The van der Waals surface area contributed by atoms with Gasteiger partial charge in [0.05, 0.1) is 6.61 Å². The topological polar surface area (TPSA) is 35.2 Å². The lowest BCUT2D eigenvalue weighted by Gasteiger charge is -2.06. The number of anilines is 1. The summed E-state index contributed by atoms with van der Waals surface area (Å²) in [6.07, 6.45) is 4.01. The first-order valence-corrected chi connectivity index (χ1v) is 6.16. The van der Waals surface area contributed by atoms with Crippen molar-refractivity contribution in [2.45, 2.75) is 25.9 Å². The molecule has 1 aromatic rings. The van der Waals surface area contributed by atoms with E-state index in [0.29, 0.717) is 6.61 Å². The fourth-order valence-electron chi connectivity index (χ4n) is 1.52. The van der Waals surface area contributed by atoms with Gasteiger partial charge >= 0.3 is 0 Å². The minimum Gasteiger partial charge on any atom is -0.399 e. The largest absolute Gasteiger partial charge is 0.399 e. The molecule has 2 N–H and O–H groups in total. The second-order valence-corrected chi connectivity index (χ2v) is 4.99. The maximum Gasteiger partial charge on any atom is 0.0727 e. The van der Waals surface area contributed by atoms with Gasteiger partial charge in [-0.3, -0.25) is 0 Å². The van der Waals surface area contributed by atoms with Crippen LogP contribution in [0.5, 0.6) is 0 Å². The van der Waals surface area contributed by atoms with Crippen LogP contribution in [0.4, 0.5) is 5.69 Å². The predicted octanol–water partition coefficient (Wildman–Crippen LogP) is 3.35. The molecule has 1 aromatic carbocycles. The molecule has 0 radical (unpaired) electrons. The number of hydrogen-bond acceptors (Lipinski definition) is 2. The lowest BCUT2D eigenvalue weighted by molar-refractivity contribution is 0.114. The molecule has 2 nitrogen and oxygen atoms in total. The van der Waals surface area contributed by atoms with E-state index >= 15 is 0 Å². The molecule has 82 valence electrons. The molecule has 0 aromatic heterocycles. The average Bonchev–Trinajstić information content (AvgIpc) is 2.99. The molecule has 0 bridgehead atoms. The maximum absolute atomic E-state index is 5.66. The van der Waals surface area contributed by atoms with Crippen molar-refractivity contribution in [2.24, 2.45) is 5.92 Å². The number of hydrogen-bond donors (Lipinski definition) is 1. The summed E-state index contributed by atoms with van der Waals surface area (Å²) in [7, 11) is 0. The second-order valence-electron chi connectivity index (χ2n) is 4.14. The molecule has 0 spiro atoms. The Morgan fingerprint density at radius 3 is 2.87 bits per heavy atom. The number of halogens is 1. The quantitative estimate of drug-likeness (QED) is 0.657. The third-order valence-electron chi connectivity index (χ3n) is 2.70. The number of rotatable bonds is 5. The van der Waals surface area contributed by atoms with Gasteiger partial charge < -0.3 is 10.5 Å². The molecule has 3 heteroatoms. The number of ether oxygens (including phenoxy) is 1. The van der Waals surface area contributed by atoms with E-state index in [1.807, 2.05) is 18.2 Å². The van der Waals surface area contributed by atoms with Crippen LogP contribution >= 0.6 is 15.9 Å². The summed E-state index contributed by atoms with van der Waals surface area (Å²) in [6, 6.07) is 5.83. The Morgan fingerprint density at radius 2 is 2.20 bits per heavy atom.